The van der Waals surface area contributed by atoms with Crippen molar-refractivity contribution in [3.05, 3.63) is 59.7 Å². The van der Waals surface area contributed by atoms with Gasteiger partial charge in [-0.1, -0.05) is 30.3 Å². The van der Waals surface area contributed by atoms with Gasteiger partial charge in [0.2, 0.25) is 0 Å². The Labute approximate surface area is 114 Å². The van der Waals surface area contributed by atoms with Crippen molar-refractivity contribution in [2.45, 2.75) is 25.9 Å². The second kappa shape index (κ2) is 5.06. The zero-order valence-corrected chi connectivity index (χ0v) is 11.2. The lowest BCUT2D eigenvalue weighted by molar-refractivity contribution is 0.199. The van der Waals surface area contributed by atoms with Crippen LogP contribution in [0.3, 0.4) is 0 Å². The molecule has 0 saturated carbocycles. The first-order valence-corrected chi connectivity index (χ1v) is 6.89. The van der Waals surface area contributed by atoms with E-state index in [1.54, 1.807) is 6.92 Å². The number of para-hydroxylation sites is 1. The van der Waals surface area contributed by atoms with Crippen LogP contribution in [-0.2, 0) is 6.42 Å². The third-order valence-corrected chi connectivity index (χ3v) is 3.80. The molecule has 0 aliphatic carbocycles. The second-order valence-corrected chi connectivity index (χ2v) is 5.15. The van der Waals surface area contributed by atoms with Crippen LogP contribution in [0.15, 0.2) is 48.5 Å². The zero-order valence-electron chi connectivity index (χ0n) is 11.2. The Bertz CT molecular complexity index is 560. The maximum atomic E-state index is 9.57. The molecule has 1 atom stereocenters. The van der Waals surface area contributed by atoms with Crippen LogP contribution in [-0.4, -0.2) is 11.7 Å². The first-order valence-electron chi connectivity index (χ1n) is 6.89. The predicted octanol–water partition coefficient (Wildman–Crippen LogP) is 3.82. The number of rotatable bonds is 2. The smallest absolute Gasteiger partial charge is 0.0761 e. The van der Waals surface area contributed by atoms with Gasteiger partial charge in [0.25, 0.3) is 0 Å². The predicted molar refractivity (Wildman–Crippen MR) is 78.8 cm³/mol. The minimum absolute atomic E-state index is 0.400. The summed E-state index contributed by atoms with van der Waals surface area (Å²) in [6.07, 6.45) is 1.95. The molecule has 1 aliphatic heterocycles. The minimum Gasteiger partial charge on any atom is -0.389 e. The summed E-state index contributed by atoms with van der Waals surface area (Å²) in [6.45, 7) is 2.86. The number of anilines is 2. The lowest BCUT2D eigenvalue weighted by Gasteiger charge is -2.31. The Morgan fingerprint density at radius 1 is 1.05 bits per heavy atom. The molecule has 19 heavy (non-hydrogen) atoms. The highest BCUT2D eigenvalue weighted by atomic mass is 16.3. The van der Waals surface area contributed by atoms with Crippen LogP contribution < -0.4 is 4.90 Å². The fourth-order valence-corrected chi connectivity index (χ4v) is 2.73. The summed E-state index contributed by atoms with van der Waals surface area (Å²) < 4.78 is 0. The molecule has 2 nitrogen and oxygen atoms in total. The van der Waals surface area contributed by atoms with E-state index in [0.717, 1.165) is 12.1 Å². The third-order valence-electron chi connectivity index (χ3n) is 3.80. The van der Waals surface area contributed by atoms with Gasteiger partial charge in [0.1, 0.15) is 0 Å². The van der Waals surface area contributed by atoms with Gasteiger partial charge in [-0.25, -0.2) is 0 Å². The molecule has 0 radical (unpaired) electrons. The summed E-state index contributed by atoms with van der Waals surface area (Å²) in [5.41, 5.74) is 4.91. The molecule has 98 valence electrons. The summed E-state index contributed by atoms with van der Waals surface area (Å²) in [7, 11) is 0. The monoisotopic (exact) mass is 253 g/mol. The van der Waals surface area contributed by atoms with Crippen molar-refractivity contribution >= 4 is 11.4 Å². The number of fused-ring (bicyclic) bond motifs is 1. The maximum Gasteiger partial charge on any atom is 0.0761 e. The SMILES string of the molecule is CC(O)c1ccc(N2CCCc3ccccc32)cc1. The van der Waals surface area contributed by atoms with E-state index in [1.807, 2.05) is 12.1 Å². The molecule has 0 saturated heterocycles. The number of hydrogen-bond donors (Lipinski definition) is 1. The summed E-state index contributed by atoms with van der Waals surface area (Å²) in [5.74, 6) is 0. The van der Waals surface area contributed by atoms with Gasteiger partial charge in [0, 0.05) is 17.9 Å². The molecule has 2 heteroatoms. The van der Waals surface area contributed by atoms with Crippen molar-refractivity contribution < 1.29 is 5.11 Å². The highest BCUT2D eigenvalue weighted by molar-refractivity contribution is 5.67. The van der Waals surface area contributed by atoms with Crippen LogP contribution in [0.25, 0.3) is 0 Å². The molecule has 0 spiro atoms. The topological polar surface area (TPSA) is 23.5 Å². The van der Waals surface area contributed by atoms with Crippen LogP contribution in [0.5, 0.6) is 0 Å². The van der Waals surface area contributed by atoms with Gasteiger partial charge in [-0.2, -0.15) is 0 Å². The second-order valence-electron chi connectivity index (χ2n) is 5.15. The molecular formula is C17H19NO. The van der Waals surface area contributed by atoms with Gasteiger partial charge >= 0.3 is 0 Å². The summed E-state index contributed by atoms with van der Waals surface area (Å²) in [5, 5.41) is 9.57. The highest BCUT2D eigenvalue weighted by Gasteiger charge is 2.17. The van der Waals surface area contributed by atoms with Gasteiger partial charge in [-0.05, 0) is 49.1 Å². The molecule has 0 bridgehead atoms. The van der Waals surface area contributed by atoms with E-state index in [9.17, 15) is 5.11 Å². The summed E-state index contributed by atoms with van der Waals surface area (Å²) >= 11 is 0. The Morgan fingerprint density at radius 2 is 1.79 bits per heavy atom. The normalized spacial score (nSPS) is 16.0. The van der Waals surface area contributed by atoms with Crippen molar-refractivity contribution in [3.8, 4) is 0 Å². The fraction of sp³-hybridized carbons (Fsp3) is 0.294. The van der Waals surface area contributed by atoms with Crippen LogP contribution >= 0.6 is 0 Å². The Balaban J connectivity index is 1.95. The van der Waals surface area contributed by atoms with Gasteiger partial charge in [-0.15, -0.1) is 0 Å². The van der Waals surface area contributed by atoms with Gasteiger partial charge in [0.05, 0.1) is 6.10 Å². The Kier molecular flexibility index (Phi) is 3.26. The highest BCUT2D eigenvalue weighted by Crippen LogP contribution is 2.33. The van der Waals surface area contributed by atoms with Crippen LogP contribution in [0.4, 0.5) is 11.4 Å². The number of aryl methyl sites for hydroxylation is 1. The van der Waals surface area contributed by atoms with E-state index in [0.29, 0.717) is 0 Å². The van der Waals surface area contributed by atoms with Crippen molar-refractivity contribution in [2.24, 2.45) is 0 Å². The lowest BCUT2D eigenvalue weighted by atomic mass is 10.0. The Hall–Kier alpha value is -1.80. The fourth-order valence-electron chi connectivity index (χ4n) is 2.73. The van der Waals surface area contributed by atoms with Crippen molar-refractivity contribution in [1.82, 2.24) is 0 Å². The number of hydrogen-bond acceptors (Lipinski definition) is 2. The van der Waals surface area contributed by atoms with E-state index in [2.05, 4.69) is 41.3 Å². The van der Waals surface area contributed by atoms with E-state index < -0.39 is 6.10 Å². The van der Waals surface area contributed by atoms with E-state index >= 15 is 0 Å². The van der Waals surface area contributed by atoms with Crippen molar-refractivity contribution in [3.63, 3.8) is 0 Å². The van der Waals surface area contributed by atoms with Gasteiger partial charge in [-0.3, -0.25) is 0 Å². The van der Waals surface area contributed by atoms with Crippen LogP contribution in [0.1, 0.15) is 30.6 Å². The summed E-state index contributed by atoms with van der Waals surface area (Å²) in [6, 6.07) is 16.8. The molecule has 2 aromatic rings. The standard InChI is InChI=1S/C17H19NO/c1-13(19)14-8-10-16(11-9-14)18-12-4-6-15-5-2-3-7-17(15)18/h2-3,5,7-11,13,19H,4,6,12H2,1H3. The molecule has 1 aliphatic rings. The first-order chi connectivity index (χ1) is 9.25. The quantitative estimate of drug-likeness (QED) is 0.879. The number of aliphatic hydroxyl groups excluding tert-OH is 1. The van der Waals surface area contributed by atoms with E-state index in [1.165, 1.54) is 29.8 Å². The maximum absolute atomic E-state index is 9.57. The summed E-state index contributed by atoms with van der Waals surface area (Å²) in [4.78, 5) is 2.37. The Morgan fingerprint density at radius 3 is 2.53 bits per heavy atom. The van der Waals surface area contributed by atoms with Gasteiger partial charge in [0.15, 0.2) is 0 Å². The molecule has 1 heterocycles. The number of benzene rings is 2. The number of aliphatic hydroxyl groups is 1. The first kappa shape index (κ1) is 12.2. The van der Waals surface area contributed by atoms with Crippen LogP contribution in [0, 0.1) is 0 Å². The number of nitrogens with zero attached hydrogens (tertiary/aromatic N) is 1. The molecule has 0 amide bonds. The third kappa shape index (κ3) is 2.36. The molecule has 1 unspecified atom stereocenters. The molecule has 1 N–H and O–H groups in total. The molecule has 3 rings (SSSR count). The van der Waals surface area contributed by atoms with Crippen molar-refractivity contribution in [1.29, 1.82) is 0 Å². The molecule has 2 aromatic carbocycles. The largest absolute Gasteiger partial charge is 0.389 e. The van der Waals surface area contributed by atoms with Gasteiger partial charge < -0.3 is 10.0 Å². The molecular weight excluding hydrogens is 234 g/mol. The van der Waals surface area contributed by atoms with E-state index in [-0.39, 0.29) is 0 Å². The average molecular weight is 253 g/mol. The van der Waals surface area contributed by atoms with E-state index in [4.69, 9.17) is 0 Å². The van der Waals surface area contributed by atoms with Crippen LogP contribution in [0.2, 0.25) is 0 Å². The average Bonchev–Trinajstić information content (AvgIpc) is 2.47. The zero-order chi connectivity index (χ0) is 13.2. The minimum atomic E-state index is -0.400. The lowest BCUT2D eigenvalue weighted by Crippen LogP contribution is -2.24. The molecule has 0 aromatic heterocycles. The molecule has 0 fully saturated rings. The van der Waals surface area contributed by atoms with Crippen molar-refractivity contribution in [2.75, 3.05) is 11.4 Å².